The van der Waals surface area contributed by atoms with Crippen LogP contribution in [0.15, 0.2) is 0 Å². The van der Waals surface area contributed by atoms with E-state index in [9.17, 15) is 79.0 Å². The Labute approximate surface area is 192 Å². The van der Waals surface area contributed by atoms with Gasteiger partial charge in [0.25, 0.3) is 0 Å². The Hall–Kier alpha value is -2.45. The molecule has 22 heteroatoms. The Morgan fingerprint density at radius 1 is 0.405 bits per heavy atom. The third-order valence-electron chi connectivity index (χ3n) is 4.34. The van der Waals surface area contributed by atoms with E-state index in [2.05, 4.69) is 9.97 Å². The average Bonchev–Trinajstić information content (AvgIpc) is 2.43. The highest BCUT2D eigenvalue weighted by Gasteiger charge is 2.89. The molecule has 0 aliphatic carbocycles. The van der Waals surface area contributed by atoms with Gasteiger partial charge in [-0.05, 0) is 20.8 Å². The molecule has 1 rings (SSSR count). The summed E-state index contributed by atoms with van der Waals surface area (Å²) < 4.78 is 242. The molecule has 0 aromatic carbocycles. The molecule has 1 N–H and O–H groups in total. The van der Waals surface area contributed by atoms with Crippen LogP contribution in [0, 0.1) is 0 Å². The van der Waals surface area contributed by atoms with Crippen molar-refractivity contribution in [2.75, 3.05) is 5.32 Å². The Kier molecular flexibility index (Phi) is 7.51. The van der Waals surface area contributed by atoms with E-state index in [4.69, 9.17) is 0 Å². The number of halogens is 18. The van der Waals surface area contributed by atoms with Gasteiger partial charge in [0, 0.05) is 5.54 Å². The Bertz CT molecular complexity index is 830. The van der Waals surface area contributed by atoms with Crippen LogP contribution in [0.1, 0.15) is 32.4 Å². The number of rotatable bonds is 3. The first kappa shape index (κ1) is 32.6. The molecule has 4 nitrogen and oxygen atoms in total. The highest BCUT2D eigenvalue weighted by atomic mass is 19.4. The molecular weight excluding hydrogens is 578 g/mol. The summed E-state index contributed by atoms with van der Waals surface area (Å²) in [5.74, 6) is -10.3. The lowest BCUT2D eigenvalue weighted by Crippen LogP contribution is -2.66. The van der Waals surface area contributed by atoms with Crippen LogP contribution in [-0.4, -0.2) is 57.5 Å². The standard InChI is InChI=1S/C15H10F18N4/c1-7(2,3)37-6-35-4(8(10(16,17)18,11(19,20)21)12(22,23)24)34-5(36-6)9(13(25,26)27,14(28,29)30)15(31,32)33/h1-3H3,(H,34,35,36,37). The summed E-state index contributed by atoms with van der Waals surface area (Å²) in [6.07, 6.45) is -46.3. The molecule has 0 aliphatic heterocycles. The molecular formula is C15H10F18N4. The molecule has 0 atom stereocenters. The first-order chi connectivity index (χ1) is 15.8. The first-order valence-corrected chi connectivity index (χ1v) is 8.74. The van der Waals surface area contributed by atoms with Crippen molar-refractivity contribution in [3.63, 3.8) is 0 Å². The minimum absolute atomic E-state index is 0.838. The summed E-state index contributed by atoms with van der Waals surface area (Å²) in [5.41, 5.74) is -16.8. The summed E-state index contributed by atoms with van der Waals surface area (Å²) in [4.78, 5) is 5.43. The largest absolute Gasteiger partial charge is 0.419 e. The van der Waals surface area contributed by atoms with Gasteiger partial charge in [-0.25, -0.2) is 4.98 Å². The predicted molar refractivity (Wildman–Crippen MR) is 82.9 cm³/mol. The zero-order chi connectivity index (χ0) is 30.1. The molecule has 1 aromatic rings. The van der Waals surface area contributed by atoms with E-state index in [-0.39, 0.29) is 0 Å². The van der Waals surface area contributed by atoms with E-state index < -0.39 is 71.0 Å². The van der Waals surface area contributed by atoms with Gasteiger partial charge in [0.1, 0.15) is 0 Å². The zero-order valence-electron chi connectivity index (χ0n) is 17.6. The fourth-order valence-corrected chi connectivity index (χ4v) is 2.83. The van der Waals surface area contributed by atoms with Crippen molar-refractivity contribution >= 4 is 5.95 Å². The summed E-state index contributed by atoms with van der Waals surface area (Å²) >= 11 is 0. The number of hydrogen-bond donors (Lipinski definition) is 1. The summed E-state index contributed by atoms with van der Waals surface area (Å²) in [6, 6.07) is 0. The smallest absolute Gasteiger partial charge is 0.350 e. The lowest BCUT2D eigenvalue weighted by atomic mass is 9.82. The molecule has 37 heavy (non-hydrogen) atoms. The number of aromatic nitrogens is 3. The maximum Gasteiger partial charge on any atom is 0.419 e. The molecule has 0 aliphatic rings. The monoisotopic (exact) mass is 588 g/mol. The van der Waals surface area contributed by atoms with Crippen LogP contribution in [0.2, 0.25) is 0 Å². The van der Waals surface area contributed by atoms with E-state index in [1.165, 1.54) is 10.3 Å². The Morgan fingerprint density at radius 2 is 0.622 bits per heavy atom. The molecule has 0 amide bonds. The van der Waals surface area contributed by atoms with Crippen molar-refractivity contribution in [3.8, 4) is 0 Å². The quantitative estimate of drug-likeness (QED) is 0.390. The average molecular weight is 588 g/mol. The first-order valence-electron chi connectivity index (χ1n) is 8.74. The van der Waals surface area contributed by atoms with E-state index in [1.807, 2.05) is 0 Å². The van der Waals surface area contributed by atoms with Crippen molar-refractivity contribution < 1.29 is 79.0 Å². The molecule has 0 spiro atoms. The minimum atomic E-state index is -7.71. The maximum absolute atomic E-state index is 13.4. The molecule has 1 heterocycles. The molecule has 0 radical (unpaired) electrons. The van der Waals surface area contributed by atoms with Gasteiger partial charge in [-0.1, -0.05) is 0 Å². The number of anilines is 1. The maximum atomic E-state index is 13.4. The van der Waals surface area contributed by atoms with Crippen LogP contribution in [0.25, 0.3) is 0 Å². The number of nitrogens with zero attached hydrogens (tertiary/aromatic N) is 3. The zero-order valence-corrected chi connectivity index (χ0v) is 17.6. The second kappa shape index (κ2) is 8.53. The molecule has 0 saturated carbocycles. The molecule has 216 valence electrons. The lowest BCUT2D eigenvalue weighted by molar-refractivity contribution is -0.391. The minimum Gasteiger partial charge on any atom is -0.350 e. The normalized spacial score (nSPS) is 15.7. The number of hydrogen-bond acceptors (Lipinski definition) is 4. The SMILES string of the molecule is CC(C)(C)Nc1nc(C(C(F)(F)F)(C(F)(F)F)C(F)(F)F)nc(C(C(F)(F)F)(C(F)(F)F)C(F)(F)F)n1. The van der Waals surface area contributed by atoms with E-state index in [0.29, 0.717) is 0 Å². The summed E-state index contributed by atoms with van der Waals surface area (Å²) in [5, 5.41) is 1.45. The van der Waals surface area contributed by atoms with E-state index in [0.717, 1.165) is 20.8 Å². The fourth-order valence-electron chi connectivity index (χ4n) is 2.83. The van der Waals surface area contributed by atoms with Gasteiger partial charge >= 0.3 is 47.9 Å². The van der Waals surface area contributed by atoms with Crippen LogP contribution in [0.4, 0.5) is 85.0 Å². The van der Waals surface area contributed by atoms with Crippen LogP contribution >= 0.6 is 0 Å². The Morgan fingerprint density at radius 3 is 0.784 bits per heavy atom. The van der Waals surface area contributed by atoms with Crippen molar-refractivity contribution in [3.05, 3.63) is 11.6 Å². The van der Waals surface area contributed by atoms with Crippen LogP contribution in [0.5, 0.6) is 0 Å². The highest BCUT2D eigenvalue weighted by molar-refractivity contribution is 5.36. The molecule has 0 saturated heterocycles. The fraction of sp³-hybridized carbons (Fsp3) is 0.800. The van der Waals surface area contributed by atoms with E-state index in [1.54, 1.807) is 0 Å². The molecule has 0 bridgehead atoms. The predicted octanol–water partition coefficient (Wildman–Crippen LogP) is 6.93. The molecule has 0 unspecified atom stereocenters. The summed E-state index contributed by atoms with van der Waals surface area (Å²) in [6.45, 7) is 2.52. The Balaban J connectivity index is 4.63. The molecule has 0 fully saturated rings. The second-order valence-corrected chi connectivity index (χ2v) is 8.17. The van der Waals surface area contributed by atoms with Crippen molar-refractivity contribution in [1.29, 1.82) is 0 Å². The molecule has 1 aromatic heterocycles. The second-order valence-electron chi connectivity index (χ2n) is 8.17. The van der Waals surface area contributed by atoms with Gasteiger partial charge < -0.3 is 5.32 Å². The van der Waals surface area contributed by atoms with Gasteiger partial charge in [-0.2, -0.15) is 89.0 Å². The van der Waals surface area contributed by atoms with Crippen LogP contribution < -0.4 is 5.32 Å². The van der Waals surface area contributed by atoms with E-state index >= 15 is 0 Å². The van der Waals surface area contributed by atoms with Gasteiger partial charge in [0.05, 0.1) is 0 Å². The third-order valence-corrected chi connectivity index (χ3v) is 4.34. The van der Waals surface area contributed by atoms with Crippen LogP contribution in [-0.2, 0) is 10.8 Å². The number of alkyl halides is 18. The van der Waals surface area contributed by atoms with Crippen molar-refractivity contribution in [2.45, 2.75) is 74.2 Å². The van der Waals surface area contributed by atoms with Gasteiger partial charge in [-0.15, -0.1) is 0 Å². The van der Waals surface area contributed by atoms with Crippen LogP contribution in [0.3, 0.4) is 0 Å². The topological polar surface area (TPSA) is 50.7 Å². The lowest BCUT2D eigenvalue weighted by Gasteiger charge is -2.39. The number of nitrogens with one attached hydrogen (secondary N) is 1. The van der Waals surface area contributed by atoms with Gasteiger partial charge in [-0.3, -0.25) is 0 Å². The van der Waals surface area contributed by atoms with Crippen molar-refractivity contribution in [1.82, 2.24) is 15.0 Å². The highest BCUT2D eigenvalue weighted by Crippen LogP contribution is 2.62. The van der Waals surface area contributed by atoms with Gasteiger partial charge in [0.15, 0.2) is 11.6 Å². The summed E-state index contributed by atoms with van der Waals surface area (Å²) in [7, 11) is 0. The van der Waals surface area contributed by atoms with Crippen molar-refractivity contribution in [2.24, 2.45) is 0 Å². The van der Waals surface area contributed by atoms with Gasteiger partial charge in [0.2, 0.25) is 5.95 Å². The third kappa shape index (κ3) is 5.15.